The lowest BCUT2D eigenvalue weighted by molar-refractivity contribution is -0.128. The largest absolute Gasteiger partial charge is 0.326 e. The first-order valence-corrected chi connectivity index (χ1v) is 10.0. The fraction of sp³-hybridized carbons (Fsp3) is 0.160. The highest BCUT2D eigenvalue weighted by atomic mass is 16.2. The number of anilines is 1. The van der Waals surface area contributed by atoms with Crippen LogP contribution in [0.4, 0.5) is 5.69 Å². The van der Waals surface area contributed by atoms with Crippen molar-refractivity contribution in [2.45, 2.75) is 26.7 Å². The monoisotopic (exact) mass is 415 g/mol. The molecule has 0 bridgehead atoms. The average Bonchev–Trinajstić information content (AvgIpc) is 2.76. The maximum absolute atomic E-state index is 12.1. The summed E-state index contributed by atoms with van der Waals surface area (Å²) in [5, 5.41) is 4.91. The molecule has 3 aromatic carbocycles. The summed E-state index contributed by atoms with van der Waals surface area (Å²) in [7, 11) is 0. The third kappa shape index (κ3) is 6.27. The molecular weight excluding hydrogens is 390 g/mol. The van der Waals surface area contributed by atoms with Crippen LogP contribution in [0.5, 0.6) is 0 Å². The standard InChI is InChI=1S/C25H25N3O3/c1-17-10-12-22(18(2)16-17)26-23(29)14-15-25(31)28-27-24(30)13-11-20-8-5-7-19-6-3-4-9-21(19)20/h3-13,16H,14-15H2,1-2H3,(H,26,29)(H,27,30)(H,28,31)/b13-11+. The van der Waals surface area contributed by atoms with Gasteiger partial charge in [-0.3, -0.25) is 25.2 Å². The Morgan fingerprint density at radius 1 is 0.839 bits per heavy atom. The molecule has 0 fully saturated rings. The number of hydrogen-bond acceptors (Lipinski definition) is 3. The Hall–Kier alpha value is -3.93. The molecule has 0 heterocycles. The van der Waals surface area contributed by atoms with Crippen molar-refractivity contribution >= 4 is 40.3 Å². The first-order valence-electron chi connectivity index (χ1n) is 10.0. The maximum Gasteiger partial charge on any atom is 0.262 e. The zero-order valence-corrected chi connectivity index (χ0v) is 17.6. The van der Waals surface area contributed by atoms with Crippen molar-refractivity contribution < 1.29 is 14.4 Å². The Bertz CT molecular complexity index is 1150. The molecule has 0 spiro atoms. The average molecular weight is 415 g/mol. The molecule has 3 aromatic rings. The summed E-state index contributed by atoms with van der Waals surface area (Å²) >= 11 is 0. The Balaban J connectivity index is 1.44. The maximum atomic E-state index is 12.1. The quantitative estimate of drug-likeness (QED) is 0.419. The molecule has 0 atom stereocenters. The predicted molar refractivity (Wildman–Crippen MR) is 123 cm³/mol. The number of benzene rings is 3. The zero-order chi connectivity index (χ0) is 22.2. The van der Waals surface area contributed by atoms with Crippen molar-refractivity contribution in [3.8, 4) is 0 Å². The molecule has 0 aromatic heterocycles. The Morgan fingerprint density at radius 2 is 1.58 bits per heavy atom. The van der Waals surface area contributed by atoms with E-state index in [4.69, 9.17) is 0 Å². The molecule has 3 amide bonds. The topological polar surface area (TPSA) is 87.3 Å². The van der Waals surface area contributed by atoms with Crippen molar-refractivity contribution in [2.24, 2.45) is 0 Å². The van der Waals surface area contributed by atoms with Crippen LogP contribution < -0.4 is 16.2 Å². The molecule has 31 heavy (non-hydrogen) atoms. The molecule has 3 rings (SSSR count). The number of aryl methyl sites for hydroxylation is 2. The summed E-state index contributed by atoms with van der Waals surface area (Å²) < 4.78 is 0. The van der Waals surface area contributed by atoms with Gasteiger partial charge >= 0.3 is 0 Å². The molecule has 0 aliphatic carbocycles. The third-order valence-electron chi connectivity index (χ3n) is 4.80. The highest BCUT2D eigenvalue weighted by Crippen LogP contribution is 2.19. The smallest absolute Gasteiger partial charge is 0.262 e. The van der Waals surface area contributed by atoms with Gasteiger partial charge in [0, 0.05) is 24.6 Å². The van der Waals surface area contributed by atoms with E-state index in [2.05, 4.69) is 16.2 Å². The van der Waals surface area contributed by atoms with Crippen LogP contribution >= 0.6 is 0 Å². The zero-order valence-electron chi connectivity index (χ0n) is 17.6. The summed E-state index contributed by atoms with van der Waals surface area (Å²) in [4.78, 5) is 36.0. The number of carbonyl (C=O) groups is 3. The lowest BCUT2D eigenvalue weighted by Gasteiger charge is -2.09. The minimum Gasteiger partial charge on any atom is -0.326 e. The van der Waals surface area contributed by atoms with Gasteiger partial charge in [0.15, 0.2) is 0 Å². The van der Waals surface area contributed by atoms with Crippen molar-refractivity contribution in [3.05, 3.63) is 83.4 Å². The van der Waals surface area contributed by atoms with Crippen LogP contribution in [0.2, 0.25) is 0 Å². The van der Waals surface area contributed by atoms with E-state index in [-0.39, 0.29) is 18.7 Å². The number of hydrogen-bond donors (Lipinski definition) is 3. The van der Waals surface area contributed by atoms with E-state index in [0.29, 0.717) is 0 Å². The molecule has 0 saturated heterocycles. The molecule has 6 nitrogen and oxygen atoms in total. The van der Waals surface area contributed by atoms with Crippen LogP contribution in [0.15, 0.2) is 66.7 Å². The molecular formula is C25H25N3O3. The van der Waals surface area contributed by atoms with E-state index in [1.54, 1.807) is 6.08 Å². The summed E-state index contributed by atoms with van der Waals surface area (Å²) in [6.45, 7) is 3.89. The van der Waals surface area contributed by atoms with Gasteiger partial charge in [-0.25, -0.2) is 0 Å². The van der Waals surface area contributed by atoms with Gasteiger partial charge in [-0.15, -0.1) is 0 Å². The fourth-order valence-electron chi connectivity index (χ4n) is 3.19. The van der Waals surface area contributed by atoms with E-state index < -0.39 is 11.8 Å². The van der Waals surface area contributed by atoms with Gasteiger partial charge < -0.3 is 5.32 Å². The van der Waals surface area contributed by atoms with E-state index in [1.165, 1.54) is 6.08 Å². The van der Waals surface area contributed by atoms with Gasteiger partial charge in [0.2, 0.25) is 11.8 Å². The van der Waals surface area contributed by atoms with Crippen LogP contribution in [0.25, 0.3) is 16.8 Å². The number of nitrogens with one attached hydrogen (secondary N) is 3. The van der Waals surface area contributed by atoms with E-state index >= 15 is 0 Å². The van der Waals surface area contributed by atoms with Crippen LogP contribution in [-0.2, 0) is 14.4 Å². The molecule has 3 N–H and O–H groups in total. The normalized spacial score (nSPS) is 10.8. The molecule has 0 aliphatic heterocycles. The second-order valence-corrected chi connectivity index (χ2v) is 7.31. The Labute approximate surface area is 181 Å². The summed E-state index contributed by atoms with van der Waals surface area (Å²) in [6, 6.07) is 19.5. The van der Waals surface area contributed by atoms with Crippen molar-refractivity contribution in [2.75, 3.05) is 5.32 Å². The third-order valence-corrected chi connectivity index (χ3v) is 4.80. The molecule has 6 heteroatoms. The Morgan fingerprint density at radius 3 is 2.39 bits per heavy atom. The van der Waals surface area contributed by atoms with Gasteiger partial charge in [0.05, 0.1) is 0 Å². The van der Waals surface area contributed by atoms with Gasteiger partial charge in [-0.2, -0.15) is 0 Å². The number of hydrazine groups is 1. The summed E-state index contributed by atoms with van der Waals surface area (Å²) in [5.74, 6) is -1.16. The molecule has 0 saturated carbocycles. The highest BCUT2D eigenvalue weighted by molar-refractivity contribution is 5.98. The number of carbonyl (C=O) groups excluding carboxylic acids is 3. The lowest BCUT2D eigenvalue weighted by atomic mass is 10.0. The van der Waals surface area contributed by atoms with Gasteiger partial charge in [-0.1, -0.05) is 60.2 Å². The summed E-state index contributed by atoms with van der Waals surface area (Å²) in [6.07, 6.45) is 3.03. The van der Waals surface area contributed by atoms with Gasteiger partial charge in [-0.05, 0) is 47.9 Å². The molecule has 0 unspecified atom stereocenters. The fourth-order valence-corrected chi connectivity index (χ4v) is 3.19. The first kappa shape index (κ1) is 21.8. The lowest BCUT2D eigenvalue weighted by Crippen LogP contribution is -2.41. The SMILES string of the molecule is Cc1ccc(NC(=O)CCC(=O)NNC(=O)/C=C/c2cccc3ccccc23)c(C)c1. The first-order chi connectivity index (χ1) is 14.9. The molecule has 158 valence electrons. The van der Waals surface area contributed by atoms with Gasteiger partial charge in [0.25, 0.3) is 5.91 Å². The molecule has 0 radical (unpaired) electrons. The highest BCUT2D eigenvalue weighted by Gasteiger charge is 2.09. The van der Waals surface area contributed by atoms with Crippen LogP contribution in [0, 0.1) is 13.8 Å². The minimum atomic E-state index is -0.457. The van der Waals surface area contributed by atoms with Crippen LogP contribution in [0.1, 0.15) is 29.5 Å². The predicted octanol–water partition coefficient (Wildman–Crippen LogP) is 4.04. The van der Waals surface area contributed by atoms with Crippen LogP contribution in [-0.4, -0.2) is 17.7 Å². The van der Waals surface area contributed by atoms with Crippen molar-refractivity contribution in [1.29, 1.82) is 0 Å². The van der Waals surface area contributed by atoms with E-state index in [1.807, 2.05) is 74.5 Å². The van der Waals surface area contributed by atoms with E-state index in [0.717, 1.165) is 33.2 Å². The van der Waals surface area contributed by atoms with E-state index in [9.17, 15) is 14.4 Å². The minimum absolute atomic E-state index is 0.0147. The number of amides is 3. The summed E-state index contributed by atoms with van der Waals surface area (Å²) in [5.41, 5.74) is 8.36. The number of rotatable bonds is 6. The van der Waals surface area contributed by atoms with Crippen molar-refractivity contribution in [1.82, 2.24) is 10.9 Å². The van der Waals surface area contributed by atoms with Crippen molar-refractivity contribution in [3.63, 3.8) is 0 Å². The second-order valence-electron chi connectivity index (χ2n) is 7.31. The Kier molecular flexibility index (Phi) is 7.17. The van der Waals surface area contributed by atoms with Crippen LogP contribution in [0.3, 0.4) is 0 Å². The molecule has 0 aliphatic rings. The second kappa shape index (κ2) is 10.2. The van der Waals surface area contributed by atoms with Gasteiger partial charge in [0.1, 0.15) is 0 Å². The number of fused-ring (bicyclic) bond motifs is 1.